The molecule has 1 atom stereocenters. The highest BCUT2D eigenvalue weighted by Crippen LogP contribution is 2.20. The smallest absolute Gasteiger partial charge is 0.322 e. The molecule has 0 aliphatic carbocycles. The minimum absolute atomic E-state index is 0.0886. The Kier molecular flexibility index (Phi) is 4.64. The number of furan rings is 2. The van der Waals surface area contributed by atoms with Crippen LogP contribution in [0.3, 0.4) is 0 Å². The first-order valence-electron chi connectivity index (χ1n) is 7.57. The van der Waals surface area contributed by atoms with Gasteiger partial charge >= 0.3 is 6.01 Å². The molecule has 0 aliphatic heterocycles. The Labute approximate surface area is 142 Å². The Hall–Kier alpha value is -3.36. The minimum atomic E-state index is -0.809. The van der Waals surface area contributed by atoms with Crippen molar-refractivity contribution in [3.63, 3.8) is 0 Å². The lowest BCUT2D eigenvalue weighted by Gasteiger charge is -2.20. The van der Waals surface area contributed by atoms with Gasteiger partial charge in [0.15, 0.2) is 11.5 Å². The number of aromatic nitrogens is 2. The molecule has 0 aromatic carbocycles. The summed E-state index contributed by atoms with van der Waals surface area (Å²) < 4.78 is 15.5. The van der Waals surface area contributed by atoms with Gasteiger partial charge in [-0.2, -0.15) is 0 Å². The van der Waals surface area contributed by atoms with Crippen molar-refractivity contribution in [2.45, 2.75) is 19.9 Å². The Morgan fingerprint density at radius 3 is 2.48 bits per heavy atom. The van der Waals surface area contributed by atoms with Crippen molar-refractivity contribution in [1.29, 1.82) is 0 Å². The van der Waals surface area contributed by atoms with E-state index in [1.807, 2.05) is 0 Å². The van der Waals surface area contributed by atoms with E-state index in [0.29, 0.717) is 5.76 Å². The first kappa shape index (κ1) is 16.5. The highest BCUT2D eigenvalue weighted by atomic mass is 16.4. The molecular weight excluding hydrogens is 328 g/mol. The molecule has 2 N–H and O–H groups in total. The number of carbonyl (C=O) groups is 2. The maximum Gasteiger partial charge on any atom is 0.322 e. The second-order valence-corrected chi connectivity index (χ2v) is 5.55. The maximum atomic E-state index is 12.4. The Morgan fingerprint density at radius 1 is 1.08 bits per heavy atom. The monoisotopic (exact) mass is 344 g/mol. The zero-order valence-corrected chi connectivity index (χ0v) is 13.6. The third kappa shape index (κ3) is 3.77. The number of rotatable bonds is 6. The number of nitrogens with one attached hydrogen (secondary N) is 2. The summed E-state index contributed by atoms with van der Waals surface area (Å²) in [4.78, 5) is 24.5. The number of hydrogen-bond acceptors (Lipinski definition) is 7. The summed E-state index contributed by atoms with van der Waals surface area (Å²) in [6, 6.07) is 5.54. The highest BCUT2D eigenvalue weighted by molar-refractivity contribution is 5.99. The molecule has 9 nitrogen and oxygen atoms in total. The van der Waals surface area contributed by atoms with Gasteiger partial charge in [-0.25, -0.2) is 0 Å². The fraction of sp³-hybridized carbons (Fsp3) is 0.250. The molecule has 1 unspecified atom stereocenters. The molecule has 0 aliphatic rings. The average molecular weight is 344 g/mol. The van der Waals surface area contributed by atoms with Gasteiger partial charge in [0.25, 0.3) is 17.7 Å². The molecule has 0 saturated heterocycles. The van der Waals surface area contributed by atoms with Crippen LogP contribution >= 0.6 is 0 Å². The van der Waals surface area contributed by atoms with Crippen LogP contribution in [0.4, 0.5) is 6.01 Å². The van der Waals surface area contributed by atoms with Gasteiger partial charge in [-0.05, 0) is 30.2 Å². The summed E-state index contributed by atoms with van der Waals surface area (Å²) in [7, 11) is 0. The van der Waals surface area contributed by atoms with Gasteiger partial charge in [0, 0.05) is 0 Å². The van der Waals surface area contributed by atoms with Crippen LogP contribution < -0.4 is 10.6 Å². The molecule has 3 rings (SSSR count). The van der Waals surface area contributed by atoms with Crippen molar-refractivity contribution < 1.29 is 22.8 Å². The van der Waals surface area contributed by atoms with Crippen LogP contribution in [-0.4, -0.2) is 28.1 Å². The molecule has 3 aromatic rings. The van der Waals surface area contributed by atoms with E-state index in [1.54, 1.807) is 32.0 Å². The first-order valence-corrected chi connectivity index (χ1v) is 7.57. The molecule has 0 bridgehead atoms. The van der Waals surface area contributed by atoms with Crippen LogP contribution in [0.15, 0.2) is 50.0 Å². The lowest BCUT2D eigenvalue weighted by atomic mass is 10.0. The molecule has 3 aromatic heterocycles. The van der Waals surface area contributed by atoms with Crippen molar-refractivity contribution in [3.05, 3.63) is 42.6 Å². The van der Waals surface area contributed by atoms with Crippen LogP contribution in [0.2, 0.25) is 0 Å². The molecule has 9 heteroatoms. The zero-order chi connectivity index (χ0) is 17.8. The summed E-state index contributed by atoms with van der Waals surface area (Å²) in [6.45, 7) is 3.60. The van der Waals surface area contributed by atoms with Gasteiger partial charge in [0.1, 0.15) is 6.04 Å². The number of amides is 2. The predicted octanol–water partition coefficient (Wildman–Crippen LogP) is 2.32. The number of hydrogen-bond donors (Lipinski definition) is 2. The molecular formula is C16H16N4O5. The van der Waals surface area contributed by atoms with Crippen LogP contribution in [-0.2, 0) is 4.79 Å². The van der Waals surface area contributed by atoms with Crippen LogP contribution in [0.1, 0.15) is 24.4 Å². The molecule has 2 amide bonds. The standard InChI is InChI=1S/C16H16N4O5/c1-9(2)12(17-13(21)10-5-3-7-23-10)14(22)18-16-20-19-15(25-16)11-6-4-8-24-11/h3-9,12H,1-2H3,(H,17,21)(H,18,20,22). The number of nitrogens with zero attached hydrogens (tertiary/aromatic N) is 2. The highest BCUT2D eigenvalue weighted by Gasteiger charge is 2.27. The lowest BCUT2D eigenvalue weighted by molar-refractivity contribution is -0.119. The van der Waals surface area contributed by atoms with Gasteiger partial charge in [-0.3, -0.25) is 14.9 Å². The van der Waals surface area contributed by atoms with E-state index >= 15 is 0 Å². The van der Waals surface area contributed by atoms with Crippen molar-refractivity contribution in [3.8, 4) is 11.7 Å². The zero-order valence-electron chi connectivity index (χ0n) is 13.6. The topological polar surface area (TPSA) is 123 Å². The minimum Gasteiger partial charge on any atom is -0.459 e. The van der Waals surface area contributed by atoms with Crippen LogP contribution in [0.5, 0.6) is 0 Å². The van der Waals surface area contributed by atoms with E-state index in [0.717, 1.165) is 0 Å². The normalized spacial score (nSPS) is 12.1. The Morgan fingerprint density at radius 2 is 1.84 bits per heavy atom. The van der Waals surface area contributed by atoms with E-state index in [9.17, 15) is 9.59 Å². The van der Waals surface area contributed by atoms with Crippen LogP contribution in [0.25, 0.3) is 11.7 Å². The van der Waals surface area contributed by atoms with E-state index in [-0.39, 0.29) is 23.6 Å². The van der Waals surface area contributed by atoms with E-state index in [4.69, 9.17) is 13.3 Å². The lowest BCUT2D eigenvalue weighted by Crippen LogP contribution is -2.47. The quantitative estimate of drug-likeness (QED) is 0.703. The molecule has 0 fully saturated rings. The van der Waals surface area contributed by atoms with Crippen molar-refractivity contribution in [2.75, 3.05) is 5.32 Å². The van der Waals surface area contributed by atoms with Gasteiger partial charge in [0.05, 0.1) is 12.5 Å². The number of anilines is 1. The fourth-order valence-electron chi connectivity index (χ4n) is 2.11. The summed E-state index contributed by atoms with van der Waals surface area (Å²) in [6.07, 6.45) is 2.85. The predicted molar refractivity (Wildman–Crippen MR) is 85.4 cm³/mol. The second kappa shape index (κ2) is 7.04. The Bertz CT molecular complexity index is 836. The van der Waals surface area contributed by atoms with Crippen LogP contribution in [0, 0.1) is 5.92 Å². The van der Waals surface area contributed by atoms with Gasteiger partial charge in [0.2, 0.25) is 0 Å². The van der Waals surface area contributed by atoms with Gasteiger partial charge in [-0.1, -0.05) is 18.9 Å². The summed E-state index contributed by atoms with van der Waals surface area (Å²) in [5.41, 5.74) is 0. The Balaban J connectivity index is 1.68. The molecule has 0 radical (unpaired) electrons. The summed E-state index contributed by atoms with van der Waals surface area (Å²) in [5.74, 6) is -0.492. The van der Waals surface area contributed by atoms with E-state index in [1.165, 1.54) is 18.6 Å². The third-order valence-corrected chi connectivity index (χ3v) is 3.37. The SMILES string of the molecule is CC(C)C(NC(=O)c1ccco1)C(=O)Nc1nnc(-c2ccco2)o1. The van der Waals surface area contributed by atoms with Gasteiger partial charge in [-0.15, -0.1) is 5.10 Å². The largest absolute Gasteiger partial charge is 0.459 e. The first-order chi connectivity index (χ1) is 12.0. The number of carbonyl (C=O) groups excluding carboxylic acids is 2. The van der Waals surface area contributed by atoms with E-state index in [2.05, 4.69) is 20.8 Å². The maximum absolute atomic E-state index is 12.4. The van der Waals surface area contributed by atoms with Gasteiger partial charge < -0.3 is 18.6 Å². The van der Waals surface area contributed by atoms with E-state index < -0.39 is 17.9 Å². The molecule has 130 valence electrons. The molecule has 0 saturated carbocycles. The molecule has 0 spiro atoms. The van der Waals surface area contributed by atoms with Crippen molar-refractivity contribution >= 4 is 17.8 Å². The summed E-state index contributed by atoms with van der Waals surface area (Å²) in [5, 5.41) is 12.6. The fourth-order valence-corrected chi connectivity index (χ4v) is 2.11. The molecule has 3 heterocycles. The average Bonchev–Trinajstić information content (AvgIpc) is 3.32. The second-order valence-electron chi connectivity index (χ2n) is 5.55. The van der Waals surface area contributed by atoms with Crippen molar-refractivity contribution in [2.24, 2.45) is 5.92 Å². The summed E-state index contributed by atoms with van der Waals surface area (Å²) >= 11 is 0. The van der Waals surface area contributed by atoms with Crippen molar-refractivity contribution in [1.82, 2.24) is 15.5 Å². The molecule has 25 heavy (non-hydrogen) atoms. The third-order valence-electron chi connectivity index (χ3n) is 3.37.